The number of carboxylic acid groups (broad SMARTS) is 1. The fraction of sp³-hybridized carbons (Fsp3) is 0.167. The first-order chi connectivity index (χ1) is 15.1. The van der Waals surface area contributed by atoms with Crippen molar-refractivity contribution in [1.82, 2.24) is 14.5 Å². The molecule has 2 aromatic carbocycles. The topological polar surface area (TPSA) is 87.6 Å². The summed E-state index contributed by atoms with van der Waals surface area (Å²) in [6.45, 7) is 1.25. The average molecular weight is 415 g/mol. The van der Waals surface area contributed by atoms with Crippen LogP contribution in [0.5, 0.6) is 5.75 Å². The zero-order chi connectivity index (χ0) is 21.4. The maximum atomic E-state index is 12.7. The number of H-pyrrole nitrogens is 1. The highest BCUT2D eigenvalue weighted by molar-refractivity contribution is 5.87. The number of aromatic amines is 1. The molecular weight excluding hydrogens is 394 g/mol. The second kappa shape index (κ2) is 7.68. The van der Waals surface area contributed by atoms with Crippen LogP contribution in [0.1, 0.15) is 16.8 Å². The summed E-state index contributed by atoms with van der Waals surface area (Å²) in [4.78, 5) is 28.8. The number of rotatable bonds is 4. The van der Waals surface area contributed by atoms with Gasteiger partial charge in [-0.05, 0) is 23.8 Å². The standard InChI is InChI=1S/C24H21N3O4/c28-23-13-18(31-15-16-4-2-1-3-5-16)8-11-27(23)17-6-7-19-20-14-26(24(29)30)10-9-21(20)25-22(19)12-17/h1-8,11-13,25H,9-10,14-15H2,(H,29,30). The molecule has 3 heterocycles. The van der Waals surface area contributed by atoms with E-state index in [9.17, 15) is 14.7 Å². The first kappa shape index (κ1) is 19.0. The van der Waals surface area contributed by atoms with Gasteiger partial charge in [-0.25, -0.2) is 4.79 Å². The van der Waals surface area contributed by atoms with Crippen LogP contribution in [0.3, 0.4) is 0 Å². The molecule has 1 aliphatic rings. The molecule has 31 heavy (non-hydrogen) atoms. The molecule has 7 heteroatoms. The fourth-order valence-electron chi connectivity index (χ4n) is 4.03. The van der Waals surface area contributed by atoms with Gasteiger partial charge >= 0.3 is 6.09 Å². The molecule has 0 spiro atoms. The van der Waals surface area contributed by atoms with Crippen molar-refractivity contribution in [2.24, 2.45) is 0 Å². The van der Waals surface area contributed by atoms with Gasteiger partial charge in [0.25, 0.3) is 5.56 Å². The van der Waals surface area contributed by atoms with E-state index in [-0.39, 0.29) is 5.56 Å². The molecule has 7 nitrogen and oxygen atoms in total. The number of aromatic nitrogens is 2. The number of nitrogens with one attached hydrogen (secondary N) is 1. The molecule has 2 N–H and O–H groups in total. The van der Waals surface area contributed by atoms with Crippen molar-refractivity contribution in [2.75, 3.05) is 6.54 Å². The number of hydrogen-bond donors (Lipinski definition) is 2. The highest BCUT2D eigenvalue weighted by Crippen LogP contribution is 2.29. The first-order valence-electron chi connectivity index (χ1n) is 10.1. The van der Waals surface area contributed by atoms with E-state index in [4.69, 9.17) is 4.74 Å². The Kier molecular flexibility index (Phi) is 4.71. The van der Waals surface area contributed by atoms with Crippen molar-refractivity contribution < 1.29 is 14.6 Å². The quantitative estimate of drug-likeness (QED) is 0.529. The molecule has 0 atom stereocenters. The Hall–Kier alpha value is -4.00. The smallest absolute Gasteiger partial charge is 0.407 e. The van der Waals surface area contributed by atoms with Crippen LogP contribution in [-0.2, 0) is 19.6 Å². The number of ether oxygens (including phenoxy) is 1. The highest BCUT2D eigenvalue weighted by atomic mass is 16.5. The summed E-state index contributed by atoms with van der Waals surface area (Å²) >= 11 is 0. The third kappa shape index (κ3) is 3.66. The van der Waals surface area contributed by atoms with Crippen LogP contribution in [0.2, 0.25) is 0 Å². The van der Waals surface area contributed by atoms with Gasteiger partial charge in [0.1, 0.15) is 12.4 Å². The second-order valence-corrected chi connectivity index (χ2v) is 7.61. The van der Waals surface area contributed by atoms with Gasteiger partial charge < -0.3 is 19.7 Å². The van der Waals surface area contributed by atoms with Crippen LogP contribution >= 0.6 is 0 Å². The van der Waals surface area contributed by atoms with Crippen LogP contribution in [0.25, 0.3) is 16.6 Å². The van der Waals surface area contributed by atoms with Gasteiger partial charge in [-0.2, -0.15) is 0 Å². The molecule has 1 amide bonds. The molecule has 0 aliphatic carbocycles. The first-order valence-corrected chi connectivity index (χ1v) is 10.1. The van der Waals surface area contributed by atoms with Gasteiger partial charge in [0.2, 0.25) is 0 Å². The third-order valence-corrected chi connectivity index (χ3v) is 5.65. The summed E-state index contributed by atoms with van der Waals surface area (Å²) < 4.78 is 7.31. The van der Waals surface area contributed by atoms with E-state index >= 15 is 0 Å². The molecule has 0 unspecified atom stereocenters. The maximum Gasteiger partial charge on any atom is 0.407 e. The average Bonchev–Trinajstić information content (AvgIpc) is 3.15. The van der Waals surface area contributed by atoms with Crippen LogP contribution in [0, 0.1) is 0 Å². The summed E-state index contributed by atoms with van der Waals surface area (Å²) in [5.74, 6) is 0.523. The van der Waals surface area contributed by atoms with Gasteiger partial charge in [0.05, 0.1) is 12.2 Å². The number of amides is 1. The molecule has 2 aromatic heterocycles. The molecule has 0 saturated heterocycles. The van der Waals surface area contributed by atoms with E-state index in [0.717, 1.165) is 33.4 Å². The SMILES string of the molecule is O=C(O)N1CCc2[nH]c3cc(-n4ccc(OCc5ccccc5)cc4=O)ccc3c2C1. The van der Waals surface area contributed by atoms with E-state index < -0.39 is 6.09 Å². The number of benzene rings is 2. The molecular formula is C24H21N3O4. The Balaban J connectivity index is 1.40. The molecule has 0 fully saturated rings. The van der Waals surface area contributed by atoms with Crippen LogP contribution in [0.15, 0.2) is 71.7 Å². The predicted molar refractivity (Wildman–Crippen MR) is 117 cm³/mol. The highest BCUT2D eigenvalue weighted by Gasteiger charge is 2.23. The van der Waals surface area contributed by atoms with Crippen molar-refractivity contribution in [2.45, 2.75) is 19.6 Å². The van der Waals surface area contributed by atoms with E-state index in [1.165, 1.54) is 11.0 Å². The molecule has 0 saturated carbocycles. The molecule has 0 bridgehead atoms. The number of pyridine rings is 1. The van der Waals surface area contributed by atoms with E-state index in [2.05, 4.69) is 4.98 Å². The summed E-state index contributed by atoms with van der Waals surface area (Å²) in [5, 5.41) is 10.3. The summed E-state index contributed by atoms with van der Waals surface area (Å²) in [6, 6.07) is 18.8. The van der Waals surface area contributed by atoms with Crippen molar-refractivity contribution in [3.05, 3.63) is 94.0 Å². The Morgan fingerprint density at radius 1 is 1.10 bits per heavy atom. The third-order valence-electron chi connectivity index (χ3n) is 5.65. The lowest BCUT2D eigenvalue weighted by atomic mass is 10.0. The number of fused-ring (bicyclic) bond motifs is 3. The fourth-order valence-corrected chi connectivity index (χ4v) is 4.03. The van der Waals surface area contributed by atoms with Gasteiger partial charge in [0, 0.05) is 47.4 Å². The van der Waals surface area contributed by atoms with Gasteiger partial charge in [0.15, 0.2) is 0 Å². The van der Waals surface area contributed by atoms with E-state index in [0.29, 0.717) is 31.9 Å². The van der Waals surface area contributed by atoms with Crippen molar-refractivity contribution >= 4 is 17.0 Å². The molecule has 1 aliphatic heterocycles. The van der Waals surface area contributed by atoms with E-state index in [1.54, 1.807) is 16.8 Å². The minimum Gasteiger partial charge on any atom is -0.489 e. The number of hydrogen-bond acceptors (Lipinski definition) is 3. The largest absolute Gasteiger partial charge is 0.489 e. The maximum absolute atomic E-state index is 12.7. The van der Waals surface area contributed by atoms with Gasteiger partial charge in [-0.3, -0.25) is 9.36 Å². The number of nitrogens with zero attached hydrogens (tertiary/aromatic N) is 2. The lowest BCUT2D eigenvalue weighted by Gasteiger charge is -2.24. The number of carbonyl (C=O) groups is 1. The van der Waals surface area contributed by atoms with Crippen molar-refractivity contribution in [1.29, 1.82) is 0 Å². The van der Waals surface area contributed by atoms with Crippen LogP contribution < -0.4 is 10.3 Å². The Morgan fingerprint density at radius 2 is 1.94 bits per heavy atom. The zero-order valence-corrected chi connectivity index (χ0v) is 16.7. The Morgan fingerprint density at radius 3 is 2.71 bits per heavy atom. The lowest BCUT2D eigenvalue weighted by molar-refractivity contribution is 0.140. The molecule has 156 valence electrons. The minimum atomic E-state index is -0.905. The Bertz CT molecular complexity index is 1320. The summed E-state index contributed by atoms with van der Waals surface area (Å²) in [5.41, 5.74) is 4.55. The molecule has 4 aromatic rings. The minimum absolute atomic E-state index is 0.182. The predicted octanol–water partition coefficient (Wildman–Crippen LogP) is 3.93. The van der Waals surface area contributed by atoms with Crippen molar-refractivity contribution in [3.8, 4) is 11.4 Å². The monoisotopic (exact) mass is 415 g/mol. The van der Waals surface area contributed by atoms with E-state index in [1.807, 2.05) is 48.5 Å². The lowest BCUT2D eigenvalue weighted by Crippen LogP contribution is -2.34. The summed E-state index contributed by atoms with van der Waals surface area (Å²) in [6.07, 6.45) is 1.45. The molecule has 5 rings (SSSR count). The molecule has 0 radical (unpaired) electrons. The van der Waals surface area contributed by atoms with Crippen LogP contribution in [-0.4, -0.2) is 32.2 Å². The van der Waals surface area contributed by atoms with Crippen molar-refractivity contribution in [3.63, 3.8) is 0 Å². The van der Waals surface area contributed by atoms with Crippen LogP contribution in [0.4, 0.5) is 4.79 Å². The normalized spacial score (nSPS) is 13.2. The van der Waals surface area contributed by atoms with Gasteiger partial charge in [-0.15, -0.1) is 0 Å². The van der Waals surface area contributed by atoms with Gasteiger partial charge in [-0.1, -0.05) is 36.4 Å². The second-order valence-electron chi connectivity index (χ2n) is 7.61. The Labute approximate surface area is 178 Å². The zero-order valence-electron chi connectivity index (χ0n) is 16.7. The summed E-state index contributed by atoms with van der Waals surface area (Å²) in [7, 11) is 0.